The molecule has 3 heterocycles. The molecule has 21 heavy (non-hydrogen) atoms. The Morgan fingerprint density at radius 3 is 2.86 bits per heavy atom. The highest BCUT2D eigenvalue weighted by molar-refractivity contribution is 5.34. The summed E-state index contributed by atoms with van der Waals surface area (Å²) in [6, 6.07) is 2.69. The van der Waals surface area contributed by atoms with E-state index >= 15 is 0 Å². The Morgan fingerprint density at radius 2 is 2.10 bits per heavy atom. The summed E-state index contributed by atoms with van der Waals surface area (Å²) >= 11 is 0. The van der Waals surface area contributed by atoms with E-state index in [9.17, 15) is 0 Å². The fourth-order valence-corrected chi connectivity index (χ4v) is 3.28. The first-order valence-corrected chi connectivity index (χ1v) is 7.83. The van der Waals surface area contributed by atoms with Crippen molar-refractivity contribution in [1.82, 2.24) is 19.3 Å². The first-order chi connectivity index (χ1) is 10.1. The van der Waals surface area contributed by atoms with Gasteiger partial charge < -0.3 is 5.73 Å². The Morgan fingerprint density at radius 1 is 1.29 bits per heavy atom. The molecule has 2 atom stereocenters. The molecule has 0 amide bonds. The molecule has 1 aliphatic rings. The van der Waals surface area contributed by atoms with Gasteiger partial charge >= 0.3 is 0 Å². The van der Waals surface area contributed by atoms with Crippen molar-refractivity contribution in [3.05, 3.63) is 29.3 Å². The molecule has 3 rings (SSSR count). The third kappa shape index (κ3) is 2.94. The monoisotopic (exact) mass is 287 g/mol. The van der Waals surface area contributed by atoms with Crippen LogP contribution < -0.4 is 5.73 Å². The Bertz CT molecular complexity index is 633. The standard InChI is InChI=1S/C16H25N5/c1-11-6-13(3)21-10-15(19-16(21)18-11)9-20-8-14(7-17)5-4-12(20)2/h6,10,12,14H,4-5,7-9,17H2,1-3H3. The van der Waals surface area contributed by atoms with E-state index in [4.69, 9.17) is 10.7 Å². The lowest BCUT2D eigenvalue weighted by Crippen LogP contribution is -2.43. The van der Waals surface area contributed by atoms with E-state index in [0.29, 0.717) is 12.0 Å². The predicted molar refractivity (Wildman–Crippen MR) is 84.1 cm³/mol. The van der Waals surface area contributed by atoms with Crippen LogP contribution in [0.3, 0.4) is 0 Å². The van der Waals surface area contributed by atoms with Gasteiger partial charge in [-0.05, 0) is 52.1 Å². The lowest BCUT2D eigenvalue weighted by atomic mass is 9.93. The smallest absolute Gasteiger partial charge is 0.234 e. The highest BCUT2D eigenvalue weighted by Gasteiger charge is 2.25. The molecule has 0 radical (unpaired) electrons. The Balaban J connectivity index is 1.82. The molecule has 2 N–H and O–H groups in total. The minimum Gasteiger partial charge on any atom is -0.330 e. The number of piperidine rings is 1. The van der Waals surface area contributed by atoms with Crippen LogP contribution in [-0.4, -0.2) is 38.4 Å². The van der Waals surface area contributed by atoms with Crippen LogP contribution in [0.5, 0.6) is 0 Å². The molecule has 5 heteroatoms. The fourth-order valence-electron chi connectivity index (χ4n) is 3.28. The molecule has 1 aliphatic heterocycles. The molecule has 114 valence electrons. The van der Waals surface area contributed by atoms with Crippen LogP contribution in [0, 0.1) is 19.8 Å². The maximum Gasteiger partial charge on any atom is 0.234 e. The molecule has 2 aromatic heterocycles. The zero-order chi connectivity index (χ0) is 15.0. The summed E-state index contributed by atoms with van der Waals surface area (Å²) < 4.78 is 2.08. The van der Waals surface area contributed by atoms with E-state index in [2.05, 4.69) is 40.4 Å². The fraction of sp³-hybridized carbons (Fsp3) is 0.625. The molecule has 5 nitrogen and oxygen atoms in total. The number of imidazole rings is 1. The predicted octanol–water partition coefficient (Wildman–Crippen LogP) is 1.91. The van der Waals surface area contributed by atoms with Crippen LogP contribution in [0.15, 0.2) is 12.3 Å². The molecule has 2 aromatic rings. The second-order valence-electron chi connectivity index (χ2n) is 6.40. The van der Waals surface area contributed by atoms with Crippen molar-refractivity contribution >= 4 is 5.78 Å². The first-order valence-electron chi connectivity index (χ1n) is 7.83. The van der Waals surface area contributed by atoms with E-state index < -0.39 is 0 Å². The first kappa shape index (κ1) is 14.5. The summed E-state index contributed by atoms with van der Waals surface area (Å²) in [5.41, 5.74) is 9.15. The van der Waals surface area contributed by atoms with Gasteiger partial charge in [0.2, 0.25) is 5.78 Å². The van der Waals surface area contributed by atoms with E-state index in [0.717, 1.165) is 36.8 Å². The van der Waals surface area contributed by atoms with Gasteiger partial charge in [-0.1, -0.05) is 0 Å². The van der Waals surface area contributed by atoms with Crippen LogP contribution in [0.4, 0.5) is 0 Å². The average molecular weight is 287 g/mol. The van der Waals surface area contributed by atoms with Crippen molar-refractivity contribution in [2.45, 2.75) is 46.2 Å². The average Bonchev–Trinajstić information content (AvgIpc) is 2.84. The van der Waals surface area contributed by atoms with Crippen molar-refractivity contribution in [3.8, 4) is 0 Å². The summed E-state index contributed by atoms with van der Waals surface area (Å²) in [4.78, 5) is 11.7. The lowest BCUT2D eigenvalue weighted by Gasteiger charge is -2.37. The minimum atomic E-state index is 0.605. The van der Waals surface area contributed by atoms with E-state index in [1.165, 1.54) is 18.5 Å². The van der Waals surface area contributed by atoms with E-state index in [1.807, 2.05) is 6.92 Å². The molecule has 0 bridgehead atoms. The number of nitrogens with zero attached hydrogens (tertiary/aromatic N) is 4. The summed E-state index contributed by atoms with van der Waals surface area (Å²) in [5.74, 6) is 1.43. The molecule has 1 saturated heterocycles. The third-order valence-corrected chi connectivity index (χ3v) is 4.62. The van der Waals surface area contributed by atoms with Crippen molar-refractivity contribution in [2.75, 3.05) is 13.1 Å². The SMILES string of the molecule is Cc1cc(C)n2cc(CN3CC(CN)CCC3C)nc2n1. The maximum absolute atomic E-state index is 5.85. The number of hydrogen-bond acceptors (Lipinski definition) is 4. The Labute approximate surface area is 126 Å². The quantitative estimate of drug-likeness (QED) is 0.937. The largest absolute Gasteiger partial charge is 0.330 e. The molecule has 2 unspecified atom stereocenters. The van der Waals surface area contributed by atoms with Crippen molar-refractivity contribution in [2.24, 2.45) is 11.7 Å². The zero-order valence-corrected chi connectivity index (χ0v) is 13.2. The van der Waals surface area contributed by atoms with Gasteiger partial charge in [0, 0.05) is 36.7 Å². The highest BCUT2D eigenvalue weighted by atomic mass is 15.2. The Hall–Kier alpha value is -1.46. The van der Waals surface area contributed by atoms with Crippen LogP contribution >= 0.6 is 0 Å². The Kier molecular flexibility index (Phi) is 3.95. The second-order valence-corrected chi connectivity index (χ2v) is 6.40. The maximum atomic E-state index is 5.85. The van der Waals surface area contributed by atoms with Gasteiger partial charge in [0.05, 0.1) is 5.69 Å². The molecule has 0 spiro atoms. The number of fused-ring (bicyclic) bond motifs is 1. The van der Waals surface area contributed by atoms with Crippen LogP contribution in [0.1, 0.15) is 36.8 Å². The lowest BCUT2D eigenvalue weighted by molar-refractivity contribution is 0.112. The van der Waals surface area contributed by atoms with Crippen molar-refractivity contribution in [1.29, 1.82) is 0 Å². The number of aryl methyl sites for hydroxylation is 2. The van der Waals surface area contributed by atoms with Gasteiger partial charge in [-0.15, -0.1) is 0 Å². The number of aromatic nitrogens is 3. The molecular weight excluding hydrogens is 262 g/mol. The van der Waals surface area contributed by atoms with Crippen molar-refractivity contribution < 1.29 is 0 Å². The van der Waals surface area contributed by atoms with E-state index in [1.54, 1.807) is 0 Å². The molecule has 0 aromatic carbocycles. The van der Waals surface area contributed by atoms with Gasteiger partial charge in [0.25, 0.3) is 0 Å². The normalized spacial score (nSPS) is 23.8. The summed E-state index contributed by atoms with van der Waals surface area (Å²) in [5, 5.41) is 0. The minimum absolute atomic E-state index is 0.605. The zero-order valence-electron chi connectivity index (χ0n) is 13.2. The number of likely N-dealkylation sites (tertiary alicyclic amines) is 1. The van der Waals surface area contributed by atoms with Crippen molar-refractivity contribution in [3.63, 3.8) is 0 Å². The van der Waals surface area contributed by atoms with Crippen LogP contribution in [0.25, 0.3) is 5.78 Å². The van der Waals surface area contributed by atoms with Gasteiger partial charge in [-0.3, -0.25) is 9.30 Å². The van der Waals surface area contributed by atoms with E-state index in [-0.39, 0.29) is 0 Å². The summed E-state index contributed by atoms with van der Waals surface area (Å²) in [7, 11) is 0. The van der Waals surface area contributed by atoms with Gasteiger partial charge in [0.1, 0.15) is 0 Å². The summed E-state index contributed by atoms with van der Waals surface area (Å²) in [6.07, 6.45) is 4.60. The summed E-state index contributed by atoms with van der Waals surface area (Å²) in [6.45, 7) is 9.17. The number of hydrogen-bond donors (Lipinski definition) is 1. The second kappa shape index (κ2) is 5.73. The van der Waals surface area contributed by atoms with Gasteiger partial charge in [0.15, 0.2) is 0 Å². The highest BCUT2D eigenvalue weighted by Crippen LogP contribution is 2.23. The number of nitrogens with two attached hydrogens (primary N) is 1. The van der Waals surface area contributed by atoms with Crippen LogP contribution in [0.2, 0.25) is 0 Å². The van der Waals surface area contributed by atoms with Crippen LogP contribution in [-0.2, 0) is 6.54 Å². The molecular formula is C16H25N5. The molecule has 0 aliphatic carbocycles. The van der Waals surface area contributed by atoms with Gasteiger partial charge in [-0.2, -0.15) is 0 Å². The topological polar surface area (TPSA) is 59.5 Å². The molecule has 1 fully saturated rings. The number of rotatable bonds is 3. The molecule has 0 saturated carbocycles. The van der Waals surface area contributed by atoms with Gasteiger partial charge in [-0.25, -0.2) is 9.97 Å². The third-order valence-electron chi connectivity index (χ3n) is 4.62.